The average Bonchev–Trinajstić information content (AvgIpc) is 1.91. The van der Waals surface area contributed by atoms with Crippen LogP contribution in [0.25, 0.3) is 0 Å². The fourth-order valence-corrected chi connectivity index (χ4v) is 0.493. The molecule has 1 heterocycles. The van der Waals surface area contributed by atoms with Crippen LogP contribution < -0.4 is 9.51 Å². The summed E-state index contributed by atoms with van der Waals surface area (Å²) in [6, 6.07) is 0.0883. The zero-order valence-corrected chi connectivity index (χ0v) is 5.21. The first-order valence-electron chi connectivity index (χ1n) is 2.11. The van der Waals surface area contributed by atoms with E-state index in [0.717, 1.165) is 0 Å². The van der Waals surface area contributed by atoms with Gasteiger partial charge in [0.1, 0.15) is 0 Å². The largest absolute Gasteiger partial charge is 0.482 e. The van der Waals surface area contributed by atoms with Crippen LogP contribution in [0.2, 0.25) is 0 Å². The first-order chi connectivity index (χ1) is 4.43. The van der Waals surface area contributed by atoms with Crippen molar-refractivity contribution in [3.8, 4) is 6.01 Å². The van der Waals surface area contributed by atoms with Crippen LogP contribution in [0.5, 0.6) is 6.01 Å². The molecule has 0 unspecified atom stereocenters. The number of H-pyrrole nitrogens is 1. The molecule has 0 fully saturated rings. The van der Waals surface area contributed by atoms with Crippen molar-refractivity contribution in [2.45, 2.75) is 0 Å². The summed E-state index contributed by atoms with van der Waals surface area (Å²) < 4.78 is 14.1. The van der Waals surface area contributed by atoms with Crippen molar-refractivity contribution in [3.05, 3.63) is 12.7 Å². The summed E-state index contributed by atoms with van der Waals surface area (Å²) in [7, 11) is -0.444. The predicted octanol–water partition coefficient (Wildman–Crippen LogP) is -0.124. The van der Waals surface area contributed by atoms with Crippen LogP contribution in [0.1, 0.15) is 0 Å². The Bertz CT molecular complexity index is 192. The molecule has 46 valence electrons. The highest BCUT2D eigenvalue weighted by molar-refractivity contribution is 7.17. The molecule has 1 aromatic rings. The van der Waals surface area contributed by atoms with Gasteiger partial charge in [0.2, 0.25) is 12.7 Å². The SMILES string of the molecule is O=POc1nc[nH+]cn1. The molecule has 0 radical (unpaired) electrons. The molecule has 6 heteroatoms. The normalized spacial score (nSPS) is 9.33. The molecule has 0 aliphatic carbocycles. The van der Waals surface area contributed by atoms with Gasteiger partial charge in [-0.1, -0.05) is 0 Å². The summed E-state index contributed by atoms with van der Waals surface area (Å²) in [5.41, 5.74) is 0. The second-order valence-corrected chi connectivity index (χ2v) is 1.46. The number of hydrogen-bond acceptors (Lipinski definition) is 4. The number of rotatable bonds is 2. The Hall–Kier alpha value is -1.09. The van der Waals surface area contributed by atoms with Gasteiger partial charge in [0.25, 0.3) is 0 Å². The number of nitrogens with zero attached hydrogens (tertiary/aromatic N) is 2. The molecule has 1 rings (SSSR count). The molecule has 0 amide bonds. The van der Waals surface area contributed by atoms with Crippen molar-refractivity contribution in [1.29, 1.82) is 0 Å². The van der Waals surface area contributed by atoms with Crippen LogP contribution in [0.15, 0.2) is 12.7 Å². The zero-order chi connectivity index (χ0) is 6.53. The van der Waals surface area contributed by atoms with Crippen LogP contribution in [0, 0.1) is 0 Å². The van der Waals surface area contributed by atoms with Gasteiger partial charge in [0.15, 0.2) is 0 Å². The summed E-state index contributed by atoms with van der Waals surface area (Å²) in [5.74, 6) is 0. The minimum Gasteiger partial charge on any atom is -0.344 e. The summed E-state index contributed by atoms with van der Waals surface area (Å²) >= 11 is 0. The molecule has 0 aromatic carbocycles. The maximum absolute atomic E-state index is 9.76. The molecule has 0 bridgehead atoms. The molecule has 9 heavy (non-hydrogen) atoms. The van der Waals surface area contributed by atoms with E-state index in [1.54, 1.807) is 0 Å². The smallest absolute Gasteiger partial charge is 0.344 e. The molecule has 0 aliphatic heterocycles. The van der Waals surface area contributed by atoms with E-state index in [9.17, 15) is 4.57 Å². The van der Waals surface area contributed by atoms with E-state index >= 15 is 0 Å². The zero-order valence-electron chi connectivity index (χ0n) is 4.31. The van der Waals surface area contributed by atoms with E-state index < -0.39 is 8.69 Å². The minimum atomic E-state index is -0.444. The Balaban J connectivity index is 2.72. The highest BCUT2D eigenvalue weighted by Crippen LogP contribution is 2.01. The first-order valence-corrected chi connectivity index (χ1v) is 2.84. The fraction of sp³-hybridized carbons (Fsp3) is 0. The van der Waals surface area contributed by atoms with Crippen LogP contribution in [0.4, 0.5) is 0 Å². The Kier molecular flexibility index (Phi) is 2.04. The van der Waals surface area contributed by atoms with Gasteiger partial charge in [-0.2, -0.15) is 0 Å². The van der Waals surface area contributed by atoms with Crippen molar-refractivity contribution in [3.63, 3.8) is 0 Å². The Morgan fingerprint density at radius 3 is 2.78 bits per heavy atom. The first kappa shape index (κ1) is 6.04. The lowest BCUT2D eigenvalue weighted by molar-refractivity contribution is -0.388. The van der Waals surface area contributed by atoms with E-state index in [-0.39, 0.29) is 6.01 Å². The monoisotopic (exact) mass is 144 g/mol. The minimum absolute atomic E-state index is 0.0883. The highest BCUT2D eigenvalue weighted by atomic mass is 31.1. The number of hydrogen-bond donors (Lipinski definition) is 0. The quantitative estimate of drug-likeness (QED) is 0.542. The van der Waals surface area contributed by atoms with E-state index in [4.69, 9.17) is 0 Å². The molecule has 0 spiro atoms. The molecular formula is C3H3N3O2P+. The van der Waals surface area contributed by atoms with Gasteiger partial charge < -0.3 is 4.52 Å². The third-order valence-electron chi connectivity index (χ3n) is 0.618. The molecule has 0 atom stereocenters. The second-order valence-electron chi connectivity index (χ2n) is 1.13. The number of aromatic nitrogens is 3. The lowest BCUT2D eigenvalue weighted by Gasteiger charge is -1.78. The Morgan fingerprint density at radius 2 is 2.22 bits per heavy atom. The van der Waals surface area contributed by atoms with E-state index in [1.165, 1.54) is 12.7 Å². The van der Waals surface area contributed by atoms with Crippen molar-refractivity contribution in [2.24, 2.45) is 0 Å². The van der Waals surface area contributed by atoms with Crippen molar-refractivity contribution in [2.75, 3.05) is 0 Å². The van der Waals surface area contributed by atoms with Gasteiger partial charge in [0, 0.05) is 0 Å². The van der Waals surface area contributed by atoms with Gasteiger partial charge in [-0.15, -0.1) is 0 Å². The third kappa shape index (κ3) is 1.70. The van der Waals surface area contributed by atoms with Gasteiger partial charge in [-0.05, 0) is 9.97 Å². The number of nitrogens with one attached hydrogen (secondary N) is 1. The fourth-order valence-electron chi connectivity index (χ4n) is 0.332. The molecule has 1 N–H and O–H groups in total. The molecule has 0 saturated heterocycles. The molecule has 5 nitrogen and oxygen atoms in total. The lowest BCUT2D eigenvalue weighted by atomic mass is 11.0. The molecule has 0 saturated carbocycles. The van der Waals surface area contributed by atoms with Crippen molar-refractivity contribution in [1.82, 2.24) is 9.97 Å². The van der Waals surface area contributed by atoms with Gasteiger partial charge in [-0.3, -0.25) is 4.98 Å². The standard InChI is InChI=1S/C3H2N3O2P/c7-9-8-3-5-1-4-2-6-3/h1-2H/p+1. The molecule has 0 aliphatic rings. The number of aromatic amines is 1. The van der Waals surface area contributed by atoms with Crippen LogP contribution >= 0.6 is 8.69 Å². The topological polar surface area (TPSA) is 66.2 Å². The maximum Gasteiger partial charge on any atom is 0.482 e. The summed E-state index contributed by atoms with van der Waals surface area (Å²) in [4.78, 5) is 9.73. The van der Waals surface area contributed by atoms with Crippen LogP contribution in [0.3, 0.4) is 0 Å². The Morgan fingerprint density at radius 1 is 1.56 bits per heavy atom. The third-order valence-corrected chi connectivity index (χ3v) is 0.856. The summed E-state index contributed by atoms with van der Waals surface area (Å²) in [6.07, 6.45) is 2.76. The van der Waals surface area contributed by atoms with E-state index in [1.807, 2.05) is 0 Å². The molecule has 1 aromatic heterocycles. The average molecular weight is 144 g/mol. The van der Waals surface area contributed by atoms with E-state index in [0.29, 0.717) is 0 Å². The van der Waals surface area contributed by atoms with Crippen LogP contribution in [-0.2, 0) is 4.57 Å². The highest BCUT2D eigenvalue weighted by Gasteiger charge is 2.01. The van der Waals surface area contributed by atoms with Crippen molar-refractivity contribution >= 4 is 8.69 Å². The van der Waals surface area contributed by atoms with Gasteiger partial charge >= 0.3 is 14.7 Å². The van der Waals surface area contributed by atoms with Crippen molar-refractivity contribution < 1.29 is 14.1 Å². The summed E-state index contributed by atoms with van der Waals surface area (Å²) in [5, 5.41) is 0. The molecular weight excluding hydrogens is 141 g/mol. The lowest BCUT2D eigenvalue weighted by Crippen LogP contribution is -2.02. The van der Waals surface area contributed by atoms with E-state index in [2.05, 4.69) is 19.5 Å². The predicted molar refractivity (Wildman–Crippen MR) is 26.8 cm³/mol. The summed E-state index contributed by atoms with van der Waals surface area (Å²) in [6.45, 7) is 0. The second kappa shape index (κ2) is 3.04. The van der Waals surface area contributed by atoms with Gasteiger partial charge in [0.05, 0.1) is 0 Å². The maximum atomic E-state index is 9.76. The van der Waals surface area contributed by atoms with Crippen LogP contribution in [-0.4, -0.2) is 9.97 Å². The Labute approximate surface area is 52.4 Å². The van der Waals surface area contributed by atoms with Gasteiger partial charge in [-0.25, -0.2) is 4.57 Å².